The van der Waals surface area contributed by atoms with Crippen LogP contribution in [0, 0.1) is 44.8 Å². The summed E-state index contributed by atoms with van der Waals surface area (Å²) in [7, 11) is 0.0391. The van der Waals surface area contributed by atoms with Gasteiger partial charge in [-0.1, -0.05) is 60.8 Å². The van der Waals surface area contributed by atoms with Gasteiger partial charge in [-0.15, -0.1) is 0 Å². The lowest BCUT2D eigenvalue weighted by molar-refractivity contribution is -0.890. The van der Waals surface area contributed by atoms with Crippen LogP contribution in [0.4, 0.5) is 0 Å². The van der Waals surface area contributed by atoms with Gasteiger partial charge in [-0.3, -0.25) is 14.1 Å². The molecule has 6 atom stereocenters. The summed E-state index contributed by atoms with van der Waals surface area (Å²) in [4.78, 5) is 28.5. The maximum absolute atomic E-state index is 14.3. The Hall–Kier alpha value is -1.00. The highest BCUT2D eigenvalue weighted by molar-refractivity contribution is 7.85. The number of rotatable bonds is 24. The molecule has 0 fully saturated rings. The van der Waals surface area contributed by atoms with Crippen molar-refractivity contribution in [3.63, 3.8) is 0 Å². The van der Waals surface area contributed by atoms with Crippen LogP contribution in [0.25, 0.3) is 0 Å². The second-order valence-electron chi connectivity index (χ2n) is 16.3. The topological polar surface area (TPSA) is 136 Å². The van der Waals surface area contributed by atoms with Gasteiger partial charge in [0.1, 0.15) is 0 Å². The van der Waals surface area contributed by atoms with Gasteiger partial charge in [0.15, 0.2) is 0 Å². The largest absolute Gasteiger partial charge is 0.355 e. The smallest absolute Gasteiger partial charge is 0.265 e. The minimum absolute atomic E-state index is 0.000529. The second-order valence-corrected chi connectivity index (χ2v) is 19.3. The molecule has 282 valence electrons. The van der Waals surface area contributed by atoms with Crippen LogP contribution < -0.4 is 10.6 Å². The highest BCUT2D eigenvalue weighted by atomic mass is 32.2. The molecule has 0 aliphatic carbocycles. The molecule has 0 aliphatic rings. The number of thiol groups is 2. The minimum atomic E-state index is -3.99. The van der Waals surface area contributed by atoms with E-state index in [2.05, 4.69) is 70.9 Å². The summed E-state index contributed by atoms with van der Waals surface area (Å²) in [6.07, 6.45) is 5.08. The molecule has 9 nitrogen and oxygen atoms in total. The van der Waals surface area contributed by atoms with Crippen molar-refractivity contribution < 1.29 is 27.0 Å². The molecular weight excluding hydrogens is 665 g/mol. The molecule has 0 bridgehead atoms. The molecule has 0 saturated heterocycles. The van der Waals surface area contributed by atoms with Gasteiger partial charge in [0.05, 0.1) is 49.8 Å². The van der Waals surface area contributed by atoms with Gasteiger partial charge in [-0.25, -0.2) is 0 Å². The van der Waals surface area contributed by atoms with Crippen molar-refractivity contribution >= 4 is 47.2 Å². The molecule has 0 aromatic rings. The van der Waals surface area contributed by atoms with E-state index in [1.807, 2.05) is 41.8 Å². The number of hydrogen-bond donors (Lipinski definition) is 5. The third-order valence-electron chi connectivity index (χ3n) is 11.7. The predicted molar refractivity (Wildman–Crippen MR) is 206 cm³/mol. The highest BCUT2D eigenvalue weighted by Crippen LogP contribution is 2.57. The van der Waals surface area contributed by atoms with Gasteiger partial charge in [-0.2, -0.15) is 38.9 Å². The third-order valence-corrected chi connectivity index (χ3v) is 13.6. The Labute approximate surface area is 305 Å². The van der Waals surface area contributed by atoms with Crippen molar-refractivity contribution in [1.82, 2.24) is 10.6 Å². The summed E-state index contributed by atoms with van der Waals surface area (Å²) >= 11 is 9.48. The zero-order valence-electron chi connectivity index (χ0n) is 32.3. The first-order valence-electron chi connectivity index (χ1n) is 17.9. The summed E-state index contributed by atoms with van der Waals surface area (Å²) in [6, 6.07) is 2.49. The molecule has 0 radical (unpaired) electrons. The number of hydrogen-bond acceptors (Lipinski definition) is 7. The Morgan fingerprint density at radius 3 is 1.88 bits per heavy atom. The van der Waals surface area contributed by atoms with E-state index in [1.165, 1.54) is 0 Å². The van der Waals surface area contributed by atoms with Crippen molar-refractivity contribution in [2.75, 3.05) is 51.8 Å². The first-order valence-corrected chi connectivity index (χ1v) is 20.6. The monoisotopic (exact) mass is 735 g/mol. The van der Waals surface area contributed by atoms with E-state index < -0.39 is 36.5 Å². The minimum Gasteiger partial charge on any atom is -0.355 e. The Bertz CT molecular complexity index is 1190. The Morgan fingerprint density at radius 1 is 0.896 bits per heavy atom. The van der Waals surface area contributed by atoms with Crippen LogP contribution in [-0.4, -0.2) is 85.8 Å². The summed E-state index contributed by atoms with van der Waals surface area (Å²) in [5.74, 6) is 0.0846. The standard InChI is InChI=1S/C36H70N4O5S3/c1-13-28(32(5,6)27-37)25-34(8,30(41)39-20-23-46)29(14-2)33(7,15-3)26-35(9,36(10,47)16-4)31(42)38-19-17-21-40(11,12)22-18-24-48(43,44)45/h28-29H,13-26H2,1-12H3,(H4-,38,39,41,42,43,44,45,46,47)/p+1. The van der Waals surface area contributed by atoms with Gasteiger partial charge < -0.3 is 15.1 Å². The number of carbonyl (C=O) groups excluding carboxylic acids is 2. The van der Waals surface area contributed by atoms with Gasteiger partial charge in [0.2, 0.25) is 11.8 Å². The number of nitriles is 1. The Morgan fingerprint density at radius 2 is 1.44 bits per heavy atom. The maximum Gasteiger partial charge on any atom is 0.265 e. The van der Waals surface area contributed by atoms with Crippen LogP contribution in [0.1, 0.15) is 121 Å². The van der Waals surface area contributed by atoms with E-state index in [4.69, 9.17) is 17.2 Å². The number of carbonyl (C=O) groups is 2. The van der Waals surface area contributed by atoms with Crippen molar-refractivity contribution in [3.8, 4) is 6.07 Å². The fraction of sp³-hybridized carbons (Fsp3) is 0.917. The van der Waals surface area contributed by atoms with Gasteiger partial charge in [0, 0.05) is 41.8 Å². The summed E-state index contributed by atoms with van der Waals surface area (Å²) < 4.78 is 31.3. The third kappa shape index (κ3) is 13.0. The lowest BCUT2D eigenvalue weighted by atomic mass is 9.52. The number of nitrogens with one attached hydrogen (secondary N) is 2. The van der Waals surface area contributed by atoms with Crippen LogP contribution in [0.3, 0.4) is 0 Å². The van der Waals surface area contributed by atoms with E-state index in [-0.39, 0.29) is 29.4 Å². The van der Waals surface area contributed by atoms with Crippen LogP contribution in [0.2, 0.25) is 0 Å². The van der Waals surface area contributed by atoms with Gasteiger partial charge in [0.25, 0.3) is 10.1 Å². The number of nitrogens with zero attached hydrogens (tertiary/aromatic N) is 2. The normalized spacial score (nSPS) is 19.0. The zero-order chi connectivity index (χ0) is 37.8. The fourth-order valence-corrected chi connectivity index (χ4v) is 8.67. The lowest BCUT2D eigenvalue weighted by Crippen LogP contribution is -2.57. The molecule has 0 spiro atoms. The quantitative estimate of drug-likeness (QED) is 0.0320. The van der Waals surface area contributed by atoms with Gasteiger partial charge >= 0.3 is 0 Å². The molecular formula is C36H71N4O5S3+. The van der Waals surface area contributed by atoms with E-state index in [0.29, 0.717) is 62.0 Å². The Balaban J connectivity index is 6.55. The van der Waals surface area contributed by atoms with E-state index in [0.717, 1.165) is 25.8 Å². The molecule has 0 heterocycles. The zero-order valence-corrected chi connectivity index (χ0v) is 34.9. The van der Waals surface area contributed by atoms with E-state index in [9.17, 15) is 23.3 Å². The molecule has 0 aromatic carbocycles. The van der Waals surface area contributed by atoms with Crippen LogP contribution in [0.15, 0.2) is 0 Å². The summed E-state index contributed by atoms with van der Waals surface area (Å²) in [5.41, 5.74) is -2.70. The summed E-state index contributed by atoms with van der Waals surface area (Å²) in [6.45, 7) is 22.9. The molecule has 6 unspecified atom stereocenters. The molecule has 0 aliphatic heterocycles. The molecule has 12 heteroatoms. The van der Waals surface area contributed by atoms with Crippen molar-refractivity contribution in [3.05, 3.63) is 0 Å². The predicted octanol–water partition coefficient (Wildman–Crippen LogP) is 6.80. The molecule has 2 amide bonds. The maximum atomic E-state index is 14.3. The Kier molecular flexibility index (Phi) is 18.6. The molecule has 48 heavy (non-hydrogen) atoms. The molecule has 3 N–H and O–H groups in total. The molecule has 0 aromatic heterocycles. The summed E-state index contributed by atoms with van der Waals surface area (Å²) in [5, 5.41) is 16.4. The highest BCUT2D eigenvalue weighted by Gasteiger charge is 2.56. The molecule has 0 rings (SSSR count). The number of quaternary nitrogens is 1. The lowest BCUT2D eigenvalue weighted by Gasteiger charge is -2.53. The first kappa shape index (κ1) is 47.0. The fourth-order valence-electron chi connectivity index (χ4n) is 7.89. The SMILES string of the molecule is CCC(CC(C)(C(=O)NCCS)C(CC)C(C)(CC)CC(C)(C(=O)NCCC[N+](C)(C)CCCS(=O)(=O)O)C(C)(S)CC)C(C)(C)C#N. The van der Waals surface area contributed by atoms with Crippen LogP contribution in [-0.2, 0) is 19.7 Å². The van der Waals surface area contributed by atoms with Crippen molar-refractivity contribution in [2.24, 2.45) is 33.5 Å². The van der Waals surface area contributed by atoms with Gasteiger partial charge in [-0.05, 0) is 64.2 Å². The average Bonchev–Trinajstić information content (AvgIpc) is 2.99. The van der Waals surface area contributed by atoms with Crippen molar-refractivity contribution in [2.45, 2.75) is 125 Å². The van der Waals surface area contributed by atoms with E-state index >= 15 is 0 Å². The second kappa shape index (κ2) is 19.0. The average molecular weight is 736 g/mol. The van der Waals surface area contributed by atoms with Crippen LogP contribution >= 0.6 is 25.3 Å². The number of amides is 2. The van der Waals surface area contributed by atoms with Crippen LogP contribution in [0.5, 0.6) is 0 Å². The van der Waals surface area contributed by atoms with E-state index in [1.54, 1.807) is 0 Å². The van der Waals surface area contributed by atoms with Crippen molar-refractivity contribution in [1.29, 1.82) is 5.26 Å². The first-order chi connectivity index (χ1) is 21.8. The molecule has 0 saturated carbocycles.